The van der Waals surface area contributed by atoms with E-state index in [0.29, 0.717) is 30.6 Å². The molecule has 6 heteroatoms. The lowest BCUT2D eigenvalue weighted by Crippen LogP contribution is -2.30. The Morgan fingerprint density at radius 2 is 2.05 bits per heavy atom. The van der Waals surface area contributed by atoms with Crippen molar-refractivity contribution in [3.8, 4) is 0 Å². The maximum absolute atomic E-state index is 13.0. The molecule has 1 aliphatic heterocycles. The second-order valence-electron chi connectivity index (χ2n) is 5.33. The molecule has 0 atom stereocenters. The van der Waals surface area contributed by atoms with Gasteiger partial charge in [-0.1, -0.05) is 6.08 Å². The molecule has 0 spiro atoms. The molecule has 1 fully saturated rings. The van der Waals surface area contributed by atoms with Gasteiger partial charge in [0.15, 0.2) is 0 Å². The van der Waals surface area contributed by atoms with Gasteiger partial charge in [0.05, 0.1) is 5.56 Å². The Kier molecular flexibility index (Phi) is 3.20. The number of rotatable bonds is 2. The molecule has 0 bridgehead atoms. The van der Waals surface area contributed by atoms with Crippen LogP contribution in [0.15, 0.2) is 23.1 Å². The van der Waals surface area contributed by atoms with E-state index in [4.69, 9.17) is 0 Å². The van der Waals surface area contributed by atoms with Gasteiger partial charge in [0.2, 0.25) is 5.56 Å². The smallest absolute Gasteiger partial charge is 0.328 e. The highest BCUT2D eigenvalue weighted by molar-refractivity contribution is 5.69. The van der Waals surface area contributed by atoms with Crippen LogP contribution in [0.4, 0.5) is 13.2 Å². The van der Waals surface area contributed by atoms with Gasteiger partial charge in [-0.3, -0.25) is 9.69 Å². The van der Waals surface area contributed by atoms with Gasteiger partial charge in [-0.2, -0.15) is 13.2 Å². The van der Waals surface area contributed by atoms with Crippen molar-refractivity contribution < 1.29 is 13.2 Å². The maximum Gasteiger partial charge on any atom is 0.417 e. The predicted octanol–water partition coefficient (Wildman–Crippen LogP) is 2.65. The molecule has 0 saturated heterocycles. The molecular weight excluding hydrogens is 269 g/mol. The highest BCUT2D eigenvalue weighted by Crippen LogP contribution is 2.37. The van der Waals surface area contributed by atoms with E-state index in [2.05, 4.69) is 9.88 Å². The van der Waals surface area contributed by atoms with Gasteiger partial charge in [0.25, 0.3) is 0 Å². The largest absolute Gasteiger partial charge is 0.417 e. The Morgan fingerprint density at radius 3 is 2.60 bits per heavy atom. The molecule has 2 heterocycles. The van der Waals surface area contributed by atoms with Gasteiger partial charge in [-0.15, -0.1) is 0 Å². The predicted molar refractivity (Wildman–Crippen MR) is 69.3 cm³/mol. The topological polar surface area (TPSA) is 36.1 Å². The Labute approximate surface area is 114 Å². The van der Waals surface area contributed by atoms with E-state index in [1.54, 1.807) is 0 Å². The average Bonchev–Trinajstić information content (AvgIpc) is 3.22. The van der Waals surface area contributed by atoms with Crippen LogP contribution in [0.2, 0.25) is 0 Å². The molecule has 1 aromatic rings. The summed E-state index contributed by atoms with van der Waals surface area (Å²) in [5, 5.41) is 0. The summed E-state index contributed by atoms with van der Waals surface area (Å²) in [5.41, 5.74) is -0.789. The zero-order valence-corrected chi connectivity index (χ0v) is 10.8. The number of alkyl halides is 3. The Bertz CT molecular complexity index is 599. The van der Waals surface area contributed by atoms with E-state index in [1.807, 2.05) is 6.08 Å². The summed E-state index contributed by atoms with van der Waals surface area (Å²) in [6, 6.07) is 1.26. The molecule has 1 aromatic heterocycles. The SMILES string of the molecule is O=c1cc(C(F)(F)F)c(C2=CCN(C3CC3)CC2)c[nH]1. The van der Waals surface area contributed by atoms with Gasteiger partial charge >= 0.3 is 6.18 Å². The van der Waals surface area contributed by atoms with Crippen LogP contribution in [-0.4, -0.2) is 29.0 Å². The fourth-order valence-electron chi connectivity index (χ4n) is 2.67. The van der Waals surface area contributed by atoms with E-state index < -0.39 is 17.3 Å². The summed E-state index contributed by atoms with van der Waals surface area (Å²) < 4.78 is 39.0. The fourth-order valence-corrected chi connectivity index (χ4v) is 2.67. The van der Waals surface area contributed by atoms with Crippen molar-refractivity contribution in [2.75, 3.05) is 13.1 Å². The number of pyridine rings is 1. The molecule has 0 radical (unpaired) electrons. The minimum Gasteiger partial charge on any atom is -0.328 e. The Balaban J connectivity index is 1.92. The number of H-pyrrole nitrogens is 1. The molecule has 1 saturated carbocycles. The Hall–Kier alpha value is -1.56. The molecular formula is C14H15F3N2O. The summed E-state index contributed by atoms with van der Waals surface area (Å²) in [5.74, 6) is 0. The third kappa shape index (κ3) is 2.65. The number of aromatic amines is 1. The lowest BCUT2D eigenvalue weighted by atomic mass is 9.96. The molecule has 3 rings (SSSR count). The average molecular weight is 284 g/mol. The van der Waals surface area contributed by atoms with Crippen LogP contribution in [0, 0.1) is 0 Å². The van der Waals surface area contributed by atoms with Crippen molar-refractivity contribution in [3.05, 3.63) is 39.8 Å². The molecule has 1 aliphatic carbocycles. The number of nitrogens with one attached hydrogen (secondary N) is 1. The fraction of sp³-hybridized carbons (Fsp3) is 0.500. The highest BCUT2D eigenvalue weighted by atomic mass is 19.4. The zero-order valence-electron chi connectivity index (χ0n) is 10.8. The molecule has 2 aliphatic rings. The molecule has 108 valence electrons. The van der Waals surface area contributed by atoms with Crippen LogP contribution in [0.1, 0.15) is 30.4 Å². The first-order chi connectivity index (χ1) is 9.45. The summed E-state index contributed by atoms with van der Waals surface area (Å²) >= 11 is 0. The number of nitrogens with zero attached hydrogens (tertiary/aromatic N) is 1. The molecule has 0 amide bonds. The quantitative estimate of drug-likeness (QED) is 0.906. The van der Waals surface area contributed by atoms with Crippen LogP contribution < -0.4 is 5.56 Å². The highest BCUT2D eigenvalue weighted by Gasteiger charge is 2.36. The molecule has 0 unspecified atom stereocenters. The van der Waals surface area contributed by atoms with Crippen LogP contribution in [0.5, 0.6) is 0 Å². The van der Waals surface area contributed by atoms with Crippen LogP contribution in [-0.2, 0) is 6.18 Å². The number of hydrogen-bond donors (Lipinski definition) is 1. The third-order valence-electron chi connectivity index (χ3n) is 3.88. The van der Waals surface area contributed by atoms with E-state index >= 15 is 0 Å². The van der Waals surface area contributed by atoms with Gasteiger partial charge in [-0.25, -0.2) is 0 Å². The van der Waals surface area contributed by atoms with Crippen molar-refractivity contribution in [1.29, 1.82) is 0 Å². The first-order valence-corrected chi connectivity index (χ1v) is 6.68. The molecule has 3 nitrogen and oxygen atoms in total. The molecule has 20 heavy (non-hydrogen) atoms. The number of aromatic nitrogens is 1. The van der Waals surface area contributed by atoms with E-state index in [0.717, 1.165) is 6.54 Å². The van der Waals surface area contributed by atoms with Crippen molar-refractivity contribution in [3.63, 3.8) is 0 Å². The maximum atomic E-state index is 13.0. The molecule has 1 N–H and O–H groups in total. The summed E-state index contributed by atoms with van der Waals surface area (Å²) in [6.45, 7) is 1.48. The standard InChI is InChI=1S/C14H15F3N2O/c15-14(16,17)12-7-13(20)18-8-11(12)9-3-5-19(6-4-9)10-1-2-10/h3,7-8,10H,1-2,4-6H2,(H,18,20). The van der Waals surface area contributed by atoms with Crippen molar-refractivity contribution in [2.24, 2.45) is 0 Å². The molecule has 0 aromatic carbocycles. The van der Waals surface area contributed by atoms with Gasteiger partial charge in [0.1, 0.15) is 0 Å². The third-order valence-corrected chi connectivity index (χ3v) is 3.88. The zero-order chi connectivity index (χ0) is 14.3. The van der Waals surface area contributed by atoms with Gasteiger partial charge < -0.3 is 4.98 Å². The Morgan fingerprint density at radius 1 is 1.30 bits per heavy atom. The minimum absolute atomic E-state index is 0.104. The summed E-state index contributed by atoms with van der Waals surface area (Å²) in [6.07, 6.45) is 1.50. The first-order valence-electron chi connectivity index (χ1n) is 6.68. The van der Waals surface area contributed by atoms with E-state index in [-0.39, 0.29) is 5.56 Å². The van der Waals surface area contributed by atoms with E-state index in [1.165, 1.54) is 19.0 Å². The van der Waals surface area contributed by atoms with Crippen molar-refractivity contribution in [2.45, 2.75) is 31.5 Å². The van der Waals surface area contributed by atoms with Crippen molar-refractivity contribution >= 4 is 5.57 Å². The minimum atomic E-state index is -4.50. The lowest BCUT2D eigenvalue weighted by Gasteiger charge is -2.27. The monoisotopic (exact) mass is 284 g/mol. The summed E-state index contributed by atoms with van der Waals surface area (Å²) in [7, 11) is 0. The van der Waals surface area contributed by atoms with Crippen molar-refractivity contribution in [1.82, 2.24) is 9.88 Å². The second kappa shape index (κ2) is 4.77. The normalized spacial score (nSPS) is 20.9. The van der Waals surface area contributed by atoms with E-state index in [9.17, 15) is 18.0 Å². The number of hydrogen-bond acceptors (Lipinski definition) is 2. The van der Waals surface area contributed by atoms with Crippen LogP contribution in [0.3, 0.4) is 0 Å². The lowest BCUT2D eigenvalue weighted by molar-refractivity contribution is -0.137. The number of halogens is 3. The van der Waals surface area contributed by atoms with Gasteiger partial charge in [-0.05, 0) is 24.8 Å². The van der Waals surface area contributed by atoms with Gasteiger partial charge in [0, 0.05) is 37.0 Å². The first kappa shape index (κ1) is 13.4. The van der Waals surface area contributed by atoms with Crippen LogP contribution >= 0.6 is 0 Å². The van der Waals surface area contributed by atoms with Crippen LogP contribution in [0.25, 0.3) is 5.57 Å². The summed E-state index contributed by atoms with van der Waals surface area (Å²) in [4.78, 5) is 15.8. The second-order valence-corrected chi connectivity index (χ2v) is 5.33.